The highest BCUT2D eigenvalue weighted by Gasteiger charge is 2.30. The van der Waals surface area contributed by atoms with E-state index in [-0.39, 0.29) is 19.9 Å². The molecule has 0 saturated carbocycles. The lowest BCUT2D eigenvalue weighted by Crippen LogP contribution is -2.04. The van der Waals surface area contributed by atoms with Crippen LogP contribution in [0.15, 0.2) is 4.79 Å². The average Bonchev–Trinajstić information content (AvgIpc) is 2.52. The van der Waals surface area contributed by atoms with E-state index in [2.05, 4.69) is 4.98 Å². The van der Waals surface area contributed by atoms with E-state index in [9.17, 15) is 4.79 Å². The molecule has 2 aromatic rings. The van der Waals surface area contributed by atoms with Gasteiger partial charge < -0.3 is 0 Å². The second-order valence-corrected chi connectivity index (χ2v) is 7.92. The Morgan fingerprint density at radius 2 is 1.62 bits per heavy atom. The van der Waals surface area contributed by atoms with Crippen molar-refractivity contribution >= 4 is 90.1 Å². The second kappa shape index (κ2) is 4.43. The van der Waals surface area contributed by atoms with Gasteiger partial charge in [-0.25, -0.2) is 4.98 Å². The standard InChI is InChI=1S/C7Cl5NOS2/c8-1-2-3(16-6(14)15-2)5(9)13-4(1)7(10,11)12. The van der Waals surface area contributed by atoms with Crippen LogP contribution in [-0.4, -0.2) is 4.98 Å². The fourth-order valence-corrected chi connectivity index (χ4v) is 4.36. The Morgan fingerprint density at radius 3 is 2.19 bits per heavy atom. The SMILES string of the molecule is O=c1sc2c(Cl)nc(C(Cl)(Cl)Cl)c(Cl)c2s1. The van der Waals surface area contributed by atoms with Crippen LogP contribution in [0.2, 0.25) is 10.2 Å². The fourth-order valence-electron chi connectivity index (χ4n) is 1.05. The van der Waals surface area contributed by atoms with Crippen LogP contribution in [0.25, 0.3) is 9.40 Å². The van der Waals surface area contributed by atoms with Crippen LogP contribution in [0.3, 0.4) is 0 Å². The van der Waals surface area contributed by atoms with Crippen LogP contribution < -0.4 is 4.06 Å². The van der Waals surface area contributed by atoms with Crippen molar-refractivity contribution < 1.29 is 0 Å². The van der Waals surface area contributed by atoms with Crippen LogP contribution in [0.4, 0.5) is 0 Å². The molecule has 0 spiro atoms. The molecule has 2 rings (SSSR count). The highest BCUT2D eigenvalue weighted by molar-refractivity contribution is 7.36. The Labute approximate surface area is 123 Å². The molecule has 0 aliphatic rings. The maximum Gasteiger partial charge on any atom is 0.288 e. The average molecular weight is 355 g/mol. The summed E-state index contributed by atoms with van der Waals surface area (Å²) in [5.41, 5.74) is 0.0331. The maximum atomic E-state index is 11.2. The third-order valence-electron chi connectivity index (χ3n) is 1.65. The zero-order valence-electron chi connectivity index (χ0n) is 7.06. The van der Waals surface area contributed by atoms with E-state index in [4.69, 9.17) is 58.0 Å². The molecule has 2 heterocycles. The third-order valence-corrected chi connectivity index (χ3v) is 5.23. The lowest BCUT2D eigenvalue weighted by molar-refractivity contribution is 1.10. The molecule has 2 nitrogen and oxygen atoms in total. The summed E-state index contributed by atoms with van der Waals surface area (Å²) in [7, 11) is 0. The van der Waals surface area contributed by atoms with Gasteiger partial charge in [-0.1, -0.05) is 80.7 Å². The summed E-state index contributed by atoms with van der Waals surface area (Å²) in [6, 6.07) is 0. The van der Waals surface area contributed by atoms with Crippen LogP contribution in [0, 0.1) is 0 Å². The number of nitrogens with zero attached hydrogens (tertiary/aromatic N) is 1. The Kier molecular flexibility index (Phi) is 3.64. The topological polar surface area (TPSA) is 30.0 Å². The smallest absolute Gasteiger partial charge is 0.265 e. The van der Waals surface area contributed by atoms with Crippen molar-refractivity contribution in [3.05, 3.63) is 24.7 Å². The summed E-state index contributed by atoms with van der Waals surface area (Å²) in [6.45, 7) is 0. The molecule has 16 heavy (non-hydrogen) atoms. The van der Waals surface area contributed by atoms with E-state index in [0.717, 1.165) is 22.7 Å². The highest BCUT2D eigenvalue weighted by atomic mass is 35.6. The summed E-state index contributed by atoms with van der Waals surface area (Å²) in [6.07, 6.45) is 0. The predicted molar refractivity (Wildman–Crippen MR) is 73.0 cm³/mol. The zero-order valence-corrected chi connectivity index (χ0v) is 12.5. The van der Waals surface area contributed by atoms with Gasteiger partial charge >= 0.3 is 0 Å². The van der Waals surface area contributed by atoms with Crippen LogP contribution in [0.1, 0.15) is 5.69 Å². The number of halogens is 5. The molecule has 0 radical (unpaired) electrons. The van der Waals surface area contributed by atoms with Gasteiger partial charge in [0, 0.05) is 0 Å². The molecule has 0 saturated heterocycles. The molecule has 0 amide bonds. The van der Waals surface area contributed by atoms with Crippen molar-refractivity contribution in [3.8, 4) is 0 Å². The summed E-state index contributed by atoms with van der Waals surface area (Å²) >= 11 is 30.9. The fraction of sp³-hybridized carbons (Fsp3) is 0.143. The monoisotopic (exact) mass is 353 g/mol. The molecule has 86 valence electrons. The first-order valence-corrected chi connectivity index (χ1v) is 7.19. The van der Waals surface area contributed by atoms with E-state index in [1.54, 1.807) is 0 Å². The van der Waals surface area contributed by atoms with Gasteiger partial charge in [0.2, 0.25) is 3.79 Å². The minimum atomic E-state index is -1.77. The molecule has 0 unspecified atom stereocenters. The Morgan fingerprint density at radius 1 is 1.06 bits per heavy atom. The molecule has 0 atom stereocenters. The molecular formula is C7Cl5NOS2. The van der Waals surface area contributed by atoms with Crippen LogP contribution in [0.5, 0.6) is 0 Å². The summed E-state index contributed by atoms with van der Waals surface area (Å²) < 4.78 is -0.896. The minimum absolute atomic E-state index is 0.0331. The number of hydrogen-bond donors (Lipinski definition) is 0. The lowest BCUT2D eigenvalue weighted by Gasteiger charge is -2.12. The Bertz CT molecular complexity index is 613. The zero-order chi connectivity index (χ0) is 12.1. The largest absolute Gasteiger partial charge is 0.288 e. The van der Waals surface area contributed by atoms with Gasteiger partial charge in [0.05, 0.1) is 14.4 Å². The van der Waals surface area contributed by atoms with Gasteiger partial charge in [0.15, 0.2) is 0 Å². The quantitative estimate of drug-likeness (QED) is 0.499. The molecule has 9 heteroatoms. The molecule has 0 aromatic carbocycles. The molecular weight excluding hydrogens is 355 g/mol. The number of alkyl halides is 3. The number of rotatable bonds is 0. The maximum absolute atomic E-state index is 11.2. The molecule has 0 aliphatic heterocycles. The van der Waals surface area contributed by atoms with Gasteiger partial charge in [0.25, 0.3) is 4.06 Å². The first-order chi connectivity index (χ1) is 7.30. The van der Waals surface area contributed by atoms with Crippen LogP contribution >= 0.6 is 80.7 Å². The molecule has 0 aliphatic carbocycles. The van der Waals surface area contributed by atoms with Crippen LogP contribution in [-0.2, 0) is 3.79 Å². The third kappa shape index (κ3) is 2.29. The molecule has 0 fully saturated rings. The van der Waals surface area contributed by atoms with Crippen molar-refractivity contribution in [1.29, 1.82) is 0 Å². The van der Waals surface area contributed by atoms with E-state index < -0.39 is 3.79 Å². The van der Waals surface area contributed by atoms with Gasteiger partial charge in [0.1, 0.15) is 10.8 Å². The van der Waals surface area contributed by atoms with Gasteiger partial charge in [-0.2, -0.15) is 0 Å². The van der Waals surface area contributed by atoms with Gasteiger partial charge in [-0.05, 0) is 0 Å². The second-order valence-electron chi connectivity index (χ2n) is 2.68. The van der Waals surface area contributed by atoms with Crippen molar-refractivity contribution in [3.63, 3.8) is 0 Å². The summed E-state index contributed by atoms with van der Waals surface area (Å²) in [5.74, 6) is 0. The number of aromatic nitrogens is 1. The first kappa shape index (κ1) is 13.1. The number of fused-ring (bicyclic) bond motifs is 1. The van der Waals surface area contributed by atoms with E-state index >= 15 is 0 Å². The van der Waals surface area contributed by atoms with Crippen molar-refractivity contribution in [1.82, 2.24) is 4.98 Å². The van der Waals surface area contributed by atoms with Crippen molar-refractivity contribution in [2.75, 3.05) is 0 Å². The molecule has 0 bridgehead atoms. The van der Waals surface area contributed by atoms with E-state index in [1.807, 2.05) is 0 Å². The lowest BCUT2D eigenvalue weighted by atomic mass is 10.4. The van der Waals surface area contributed by atoms with Gasteiger partial charge in [-0.3, -0.25) is 4.79 Å². The minimum Gasteiger partial charge on any atom is -0.265 e. The highest BCUT2D eigenvalue weighted by Crippen LogP contribution is 2.45. The number of hydrogen-bond acceptors (Lipinski definition) is 4. The number of pyridine rings is 1. The van der Waals surface area contributed by atoms with Gasteiger partial charge in [-0.15, -0.1) is 0 Å². The Hall–Kier alpha value is 0.710. The van der Waals surface area contributed by atoms with Crippen molar-refractivity contribution in [2.45, 2.75) is 3.79 Å². The summed E-state index contributed by atoms with van der Waals surface area (Å²) in [5, 5.41) is 0.270. The first-order valence-electron chi connectivity index (χ1n) is 3.66. The molecule has 2 aromatic heterocycles. The summed E-state index contributed by atoms with van der Waals surface area (Å²) in [4.78, 5) is 15.1. The van der Waals surface area contributed by atoms with E-state index in [0.29, 0.717) is 9.40 Å². The Balaban J connectivity index is 2.90. The van der Waals surface area contributed by atoms with Crippen molar-refractivity contribution in [2.24, 2.45) is 0 Å². The molecule has 0 N–H and O–H groups in total. The normalized spacial score (nSPS) is 12.3. The van der Waals surface area contributed by atoms with E-state index in [1.165, 1.54) is 0 Å². The predicted octanol–water partition coefficient (Wildman–Crippen LogP) is 4.85.